The Labute approximate surface area is 135 Å². The molecular formula is C16H23N3S2. The first-order chi connectivity index (χ1) is 10.3. The van der Waals surface area contributed by atoms with Crippen molar-refractivity contribution in [2.75, 3.05) is 17.6 Å². The van der Waals surface area contributed by atoms with Gasteiger partial charge in [-0.15, -0.1) is 23.1 Å². The number of thioether (sulfide) groups is 1. The smallest absolute Gasteiger partial charge is 0.225 e. The van der Waals surface area contributed by atoms with Crippen molar-refractivity contribution in [2.24, 2.45) is 5.92 Å². The van der Waals surface area contributed by atoms with Gasteiger partial charge >= 0.3 is 0 Å². The summed E-state index contributed by atoms with van der Waals surface area (Å²) in [6, 6.07) is 2.28. The Morgan fingerprint density at radius 3 is 2.81 bits per heavy atom. The molecule has 0 amide bonds. The molecule has 5 heteroatoms. The van der Waals surface area contributed by atoms with E-state index in [9.17, 15) is 0 Å². The minimum Gasteiger partial charge on any atom is -0.354 e. The fourth-order valence-electron chi connectivity index (χ4n) is 2.84. The second kappa shape index (κ2) is 6.97. The molecule has 2 heterocycles. The van der Waals surface area contributed by atoms with Crippen LogP contribution in [0.25, 0.3) is 10.2 Å². The molecule has 3 rings (SSSR count). The molecule has 1 aliphatic carbocycles. The monoisotopic (exact) mass is 321 g/mol. The highest BCUT2D eigenvalue weighted by molar-refractivity contribution is 7.99. The van der Waals surface area contributed by atoms with Crippen LogP contribution in [0.1, 0.15) is 44.4 Å². The summed E-state index contributed by atoms with van der Waals surface area (Å²) in [6.07, 6.45) is 6.68. The van der Waals surface area contributed by atoms with Crippen molar-refractivity contribution in [3.8, 4) is 0 Å². The van der Waals surface area contributed by atoms with Crippen molar-refractivity contribution in [1.29, 1.82) is 0 Å². The molecule has 1 aliphatic rings. The van der Waals surface area contributed by atoms with Crippen LogP contribution in [-0.4, -0.2) is 22.3 Å². The van der Waals surface area contributed by atoms with Crippen molar-refractivity contribution in [2.45, 2.75) is 51.0 Å². The number of rotatable bonds is 6. The lowest BCUT2D eigenvalue weighted by Crippen LogP contribution is -2.03. The van der Waals surface area contributed by atoms with Crippen LogP contribution in [0.2, 0.25) is 0 Å². The van der Waals surface area contributed by atoms with E-state index in [2.05, 4.69) is 30.2 Å². The van der Waals surface area contributed by atoms with Crippen LogP contribution in [0.5, 0.6) is 0 Å². The average molecular weight is 322 g/mol. The van der Waals surface area contributed by atoms with Gasteiger partial charge in [0.2, 0.25) is 5.95 Å². The molecule has 1 N–H and O–H groups in total. The summed E-state index contributed by atoms with van der Waals surface area (Å²) in [6.45, 7) is 5.16. The van der Waals surface area contributed by atoms with E-state index in [1.54, 1.807) is 11.3 Å². The molecule has 2 aromatic heterocycles. The van der Waals surface area contributed by atoms with Crippen LogP contribution in [0.15, 0.2) is 11.1 Å². The van der Waals surface area contributed by atoms with E-state index in [1.165, 1.54) is 46.7 Å². The van der Waals surface area contributed by atoms with Gasteiger partial charge < -0.3 is 5.32 Å². The van der Waals surface area contributed by atoms with Gasteiger partial charge in [0.1, 0.15) is 9.86 Å². The maximum atomic E-state index is 4.75. The molecule has 0 aliphatic heterocycles. The Morgan fingerprint density at radius 2 is 2.10 bits per heavy atom. The first-order valence-corrected chi connectivity index (χ1v) is 9.77. The molecular weight excluding hydrogens is 298 g/mol. The van der Waals surface area contributed by atoms with E-state index in [-0.39, 0.29) is 0 Å². The van der Waals surface area contributed by atoms with Crippen LogP contribution in [-0.2, 0) is 6.42 Å². The highest BCUT2D eigenvalue weighted by Gasteiger charge is 2.17. The summed E-state index contributed by atoms with van der Waals surface area (Å²) in [4.78, 5) is 11.9. The topological polar surface area (TPSA) is 37.8 Å². The van der Waals surface area contributed by atoms with Crippen LogP contribution < -0.4 is 5.32 Å². The summed E-state index contributed by atoms with van der Waals surface area (Å²) < 4.78 is 0. The van der Waals surface area contributed by atoms with Gasteiger partial charge in [-0.25, -0.2) is 9.97 Å². The maximum absolute atomic E-state index is 4.75. The lowest BCUT2D eigenvalue weighted by molar-refractivity contribution is 0.623. The van der Waals surface area contributed by atoms with E-state index in [0.717, 1.165) is 29.7 Å². The molecule has 114 valence electrons. The van der Waals surface area contributed by atoms with Crippen molar-refractivity contribution in [3.63, 3.8) is 0 Å². The van der Waals surface area contributed by atoms with Gasteiger partial charge in [0.05, 0.1) is 0 Å². The first-order valence-electron chi connectivity index (χ1n) is 7.97. The third-order valence-electron chi connectivity index (χ3n) is 4.02. The van der Waals surface area contributed by atoms with Crippen LogP contribution in [0, 0.1) is 5.92 Å². The van der Waals surface area contributed by atoms with Crippen molar-refractivity contribution in [1.82, 2.24) is 9.97 Å². The molecule has 1 fully saturated rings. The lowest BCUT2D eigenvalue weighted by Gasteiger charge is -2.09. The Kier molecular flexibility index (Phi) is 5.01. The van der Waals surface area contributed by atoms with E-state index < -0.39 is 0 Å². The van der Waals surface area contributed by atoms with E-state index in [1.807, 2.05) is 11.8 Å². The number of aryl methyl sites for hydroxylation is 1. The number of anilines is 1. The molecule has 0 saturated heterocycles. The number of hydrogen-bond donors (Lipinski definition) is 1. The zero-order valence-electron chi connectivity index (χ0n) is 12.8. The lowest BCUT2D eigenvalue weighted by atomic mass is 10.1. The Balaban J connectivity index is 1.87. The minimum absolute atomic E-state index is 0.781. The quantitative estimate of drug-likeness (QED) is 0.602. The Morgan fingerprint density at radius 1 is 1.29 bits per heavy atom. The molecule has 0 bridgehead atoms. The minimum atomic E-state index is 0.781. The number of fused-ring (bicyclic) bond motifs is 1. The number of nitrogens with zero attached hydrogens (tertiary/aromatic N) is 2. The Hall–Kier alpha value is -0.810. The zero-order chi connectivity index (χ0) is 14.7. The number of hydrogen-bond acceptors (Lipinski definition) is 5. The molecule has 0 spiro atoms. The largest absolute Gasteiger partial charge is 0.354 e. The van der Waals surface area contributed by atoms with Gasteiger partial charge in [-0.3, -0.25) is 0 Å². The number of nitrogens with one attached hydrogen (secondary N) is 1. The summed E-state index contributed by atoms with van der Waals surface area (Å²) in [5.74, 6) is 2.87. The number of thiophene rings is 1. The van der Waals surface area contributed by atoms with E-state index in [0.29, 0.717) is 0 Å². The van der Waals surface area contributed by atoms with E-state index in [4.69, 9.17) is 4.98 Å². The van der Waals surface area contributed by atoms with Crippen LogP contribution >= 0.6 is 23.1 Å². The van der Waals surface area contributed by atoms with Gasteiger partial charge in [0.15, 0.2) is 0 Å². The fraction of sp³-hybridized carbons (Fsp3) is 0.625. The predicted molar refractivity (Wildman–Crippen MR) is 93.6 cm³/mol. The standard InChI is InChI=1S/C16H23N3S2/c1-3-12-9-13-14(20-10-11-7-5-6-8-11)18-16(17-4-2)19-15(13)21-12/h9,11H,3-8,10H2,1-2H3,(H,17,18,19). The molecule has 1 saturated carbocycles. The molecule has 0 unspecified atom stereocenters. The van der Waals surface area contributed by atoms with Gasteiger partial charge in [-0.2, -0.15) is 0 Å². The first kappa shape index (κ1) is 15.1. The highest BCUT2D eigenvalue weighted by atomic mass is 32.2. The van der Waals surface area contributed by atoms with Crippen molar-refractivity contribution < 1.29 is 0 Å². The maximum Gasteiger partial charge on any atom is 0.225 e. The molecule has 0 aromatic carbocycles. The van der Waals surface area contributed by atoms with Crippen molar-refractivity contribution in [3.05, 3.63) is 10.9 Å². The molecule has 0 atom stereocenters. The summed E-state index contributed by atoms with van der Waals surface area (Å²) in [5.41, 5.74) is 0. The van der Waals surface area contributed by atoms with Gasteiger partial charge in [0, 0.05) is 22.6 Å². The molecule has 0 radical (unpaired) electrons. The highest BCUT2D eigenvalue weighted by Crippen LogP contribution is 2.36. The second-order valence-electron chi connectivity index (χ2n) is 5.63. The average Bonchev–Trinajstić information content (AvgIpc) is 3.14. The van der Waals surface area contributed by atoms with Gasteiger partial charge in [-0.05, 0) is 38.2 Å². The zero-order valence-corrected chi connectivity index (χ0v) is 14.4. The SMILES string of the molecule is CCNc1nc(SCC2CCCC2)c2cc(CC)sc2n1. The molecule has 3 nitrogen and oxygen atoms in total. The van der Waals surface area contributed by atoms with Crippen molar-refractivity contribution >= 4 is 39.3 Å². The second-order valence-corrected chi connectivity index (χ2v) is 7.75. The molecule has 2 aromatic rings. The summed E-state index contributed by atoms with van der Waals surface area (Å²) >= 11 is 3.73. The summed E-state index contributed by atoms with van der Waals surface area (Å²) in [7, 11) is 0. The fourth-order valence-corrected chi connectivity index (χ4v) is 5.06. The Bertz CT molecular complexity index is 603. The van der Waals surface area contributed by atoms with Gasteiger partial charge in [0.25, 0.3) is 0 Å². The van der Waals surface area contributed by atoms with Gasteiger partial charge in [-0.1, -0.05) is 19.8 Å². The predicted octanol–water partition coefficient (Wildman–Crippen LogP) is 4.97. The summed E-state index contributed by atoms with van der Waals surface area (Å²) in [5, 5.41) is 5.68. The molecule has 21 heavy (non-hydrogen) atoms. The van der Waals surface area contributed by atoms with Crippen LogP contribution in [0.4, 0.5) is 5.95 Å². The third-order valence-corrected chi connectivity index (χ3v) is 6.42. The van der Waals surface area contributed by atoms with E-state index >= 15 is 0 Å². The normalized spacial score (nSPS) is 15.9. The van der Waals surface area contributed by atoms with Crippen LogP contribution in [0.3, 0.4) is 0 Å². The number of aromatic nitrogens is 2. The third kappa shape index (κ3) is 3.51.